The third-order valence-electron chi connectivity index (χ3n) is 5.62. The van der Waals surface area contributed by atoms with Crippen LogP contribution in [0.4, 0.5) is 0 Å². The van der Waals surface area contributed by atoms with Crippen LogP contribution in [0, 0.1) is 11.3 Å². The molecule has 8 nitrogen and oxygen atoms in total. The summed E-state index contributed by atoms with van der Waals surface area (Å²) in [5.41, 5.74) is 1.18. The Hall–Kier alpha value is -2.48. The van der Waals surface area contributed by atoms with E-state index in [9.17, 15) is 9.59 Å². The zero-order chi connectivity index (χ0) is 18.1. The van der Waals surface area contributed by atoms with E-state index in [0.717, 1.165) is 13.0 Å². The predicted molar refractivity (Wildman–Crippen MR) is 93.6 cm³/mol. The molecule has 1 atom stereocenters. The van der Waals surface area contributed by atoms with Gasteiger partial charge in [-0.3, -0.25) is 14.6 Å². The summed E-state index contributed by atoms with van der Waals surface area (Å²) in [6, 6.07) is 0. The van der Waals surface area contributed by atoms with Gasteiger partial charge in [-0.2, -0.15) is 5.10 Å². The van der Waals surface area contributed by atoms with E-state index in [4.69, 9.17) is 4.74 Å². The van der Waals surface area contributed by atoms with Crippen LogP contribution >= 0.6 is 0 Å². The summed E-state index contributed by atoms with van der Waals surface area (Å²) in [7, 11) is 1.54. The van der Waals surface area contributed by atoms with Crippen LogP contribution in [0.2, 0.25) is 0 Å². The van der Waals surface area contributed by atoms with Gasteiger partial charge in [-0.1, -0.05) is 0 Å². The largest absolute Gasteiger partial charge is 0.375 e. The predicted octanol–water partition coefficient (Wildman–Crippen LogP) is 0.734. The number of carbonyl (C=O) groups is 2. The van der Waals surface area contributed by atoms with Gasteiger partial charge in [-0.05, 0) is 25.2 Å². The van der Waals surface area contributed by atoms with Gasteiger partial charge >= 0.3 is 0 Å². The summed E-state index contributed by atoms with van der Waals surface area (Å²) in [5.74, 6) is 0.457. The molecule has 2 aromatic rings. The van der Waals surface area contributed by atoms with Gasteiger partial charge in [-0.25, -0.2) is 4.52 Å². The molecule has 2 amide bonds. The van der Waals surface area contributed by atoms with Crippen molar-refractivity contribution in [3.05, 3.63) is 30.4 Å². The van der Waals surface area contributed by atoms with Gasteiger partial charge in [0.2, 0.25) is 5.91 Å². The van der Waals surface area contributed by atoms with E-state index in [0.29, 0.717) is 30.1 Å². The molecule has 8 heteroatoms. The van der Waals surface area contributed by atoms with E-state index in [-0.39, 0.29) is 23.8 Å². The molecule has 1 aliphatic heterocycles. The monoisotopic (exact) mass is 357 g/mol. The second-order valence-electron chi connectivity index (χ2n) is 7.28. The molecule has 2 aromatic heterocycles. The van der Waals surface area contributed by atoms with Gasteiger partial charge in [0.15, 0.2) is 0 Å². The Morgan fingerprint density at radius 1 is 1.38 bits per heavy atom. The van der Waals surface area contributed by atoms with Crippen molar-refractivity contribution in [2.45, 2.75) is 19.3 Å². The smallest absolute Gasteiger partial charge is 0.255 e. The van der Waals surface area contributed by atoms with Crippen molar-refractivity contribution in [3.8, 4) is 0 Å². The Balaban J connectivity index is 1.45. The molecule has 1 N–H and O–H groups in total. The summed E-state index contributed by atoms with van der Waals surface area (Å²) in [6.45, 7) is 2.11. The second-order valence-corrected chi connectivity index (χ2v) is 7.28. The van der Waals surface area contributed by atoms with Gasteiger partial charge in [0.25, 0.3) is 5.91 Å². The van der Waals surface area contributed by atoms with E-state index in [2.05, 4.69) is 15.4 Å². The first-order valence-electron chi connectivity index (χ1n) is 8.95. The zero-order valence-corrected chi connectivity index (χ0v) is 14.9. The number of amides is 2. The summed E-state index contributed by atoms with van der Waals surface area (Å²) in [5, 5.41) is 7.27. The molecule has 26 heavy (non-hydrogen) atoms. The highest BCUT2D eigenvalue weighted by atomic mass is 16.5. The number of hydrogen-bond acceptors (Lipinski definition) is 5. The molecule has 1 saturated heterocycles. The summed E-state index contributed by atoms with van der Waals surface area (Å²) in [4.78, 5) is 30.8. The highest BCUT2D eigenvalue weighted by Crippen LogP contribution is 2.50. The minimum Gasteiger partial charge on any atom is -0.375 e. The lowest BCUT2D eigenvalue weighted by molar-refractivity contribution is -0.134. The number of rotatable bonds is 6. The number of fused-ring (bicyclic) bond motifs is 1. The molecule has 0 aromatic carbocycles. The molecule has 2 aliphatic rings. The van der Waals surface area contributed by atoms with Crippen molar-refractivity contribution in [3.63, 3.8) is 0 Å². The highest BCUT2D eigenvalue weighted by Gasteiger charge is 2.50. The van der Waals surface area contributed by atoms with Crippen LogP contribution in [-0.2, 0) is 9.53 Å². The average Bonchev–Trinajstić information content (AvgIpc) is 3.28. The van der Waals surface area contributed by atoms with Crippen molar-refractivity contribution in [1.82, 2.24) is 24.8 Å². The zero-order valence-electron chi connectivity index (χ0n) is 14.9. The first-order valence-corrected chi connectivity index (χ1v) is 8.95. The van der Waals surface area contributed by atoms with Crippen LogP contribution in [0.5, 0.6) is 0 Å². The van der Waals surface area contributed by atoms with Gasteiger partial charge in [0, 0.05) is 44.6 Å². The Labute approximate surface area is 151 Å². The van der Waals surface area contributed by atoms with Crippen molar-refractivity contribution in [2.75, 3.05) is 33.4 Å². The van der Waals surface area contributed by atoms with Crippen LogP contribution in [-0.4, -0.2) is 64.7 Å². The van der Waals surface area contributed by atoms with Crippen LogP contribution in [0.25, 0.3) is 5.52 Å². The van der Waals surface area contributed by atoms with Crippen molar-refractivity contribution in [2.24, 2.45) is 11.3 Å². The maximum atomic E-state index is 12.7. The number of aromatic nitrogens is 3. The van der Waals surface area contributed by atoms with E-state index in [1.54, 1.807) is 29.3 Å². The maximum Gasteiger partial charge on any atom is 0.255 e. The first kappa shape index (κ1) is 17.0. The van der Waals surface area contributed by atoms with E-state index >= 15 is 0 Å². The summed E-state index contributed by atoms with van der Waals surface area (Å²) in [6.07, 6.45) is 9.82. The number of likely N-dealkylation sites (tertiary alicyclic amines) is 1. The fourth-order valence-corrected chi connectivity index (χ4v) is 4.00. The quantitative estimate of drug-likeness (QED) is 0.823. The summed E-state index contributed by atoms with van der Waals surface area (Å²) < 4.78 is 6.61. The number of nitrogens with zero attached hydrogens (tertiary/aromatic N) is 4. The number of methoxy groups -OCH3 is 1. The third-order valence-corrected chi connectivity index (χ3v) is 5.62. The van der Waals surface area contributed by atoms with Crippen molar-refractivity contribution >= 4 is 17.3 Å². The number of carbonyl (C=O) groups excluding carboxylic acids is 2. The van der Waals surface area contributed by atoms with Crippen LogP contribution in [0.3, 0.4) is 0 Å². The van der Waals surface area contributed by atoms with Crippen LogP contribution in [0.1, 0.15) is 29.6 Å². The number of ether oxygens (including phenoxy) is 1. The lowest BCUT2D eigenvalue weighted by atomic mass is 9.81. The molecule has 0 radical (unpaired) electrons. The lowest BCUT2D eigenvalue weighted by Gasteiger charge is -2.29. The third kappa shape index (κ3) is 3.05. The Morgan fingerprint density at radius 2 is 2.23 bits per heavy atom. The molecule has 3 heterocycles. The average molecular weight is 357 g/mol. The van der Waals surface area contributed by atoms with Crippen LogP contribution < -0.4 is 5.32 Å². The minimum absolute atomic E-state index is 0.0232. The Morgan fingerprint density at radius 3 is 3.00 bits per heavy atom. The molecule has 138 valence electrons. The molecular weight excluding hydrogens is 334 g/mol. The van der Waals surface area contributed by atoms with E-state index in [1.165, 1.54) is 20.0 Å². The minimum atomic E-state index is -0.144. The van der Waals surface area contributed by atoms with Gasteiger partial charge < -0.3 is 15.0 Å². The second kappa shape index (κ2) is 6.68. The van der Waals surface area contributed by atoms with Gasteiger partial charge in [0.05, 0.1) is 23.5 Å². The molecule has 1 aliphatic carbocycles. The van der Waals surface area contributed by atoms with E-state index < -0.39 is 0 Å². The fourth-order valence-electron chi connectivity index (χ4n) is 4.00. The normalized spacial score (nSPS) is 22.7. The number of hydrogen-bond donors (Lipinski definition) is 1. The van der Waals surface area contributed by atoms with E-state index in [1.807, 2.05) is 4.90 Å². The SMILES string of the molecule is COCC(=O)N1CCC(CNC(=O)c2cnn3ccncc23)(C2CC2)C1. The molecule has 2 fully saturated rings. The highest BCUT2D eigenvalue weighted by molar-refractivity contribution is 6.00. The first-order chi connectivity index (χ1) is 12.6. The maximum absolute atomic E-state index is 12.7. The molecule has 0 spiro atoms. The molecule has 0 bridgehead atoms. The van der Waals surface area contributed by atoms with Crippen LogP contribution in [0.15, 0.2) is 24.8 Å². The van der Waals surface area contributed by atoms with Crippen molar-refractivity contribution < 1.29 is 14.3 Å². The molecule has 1 saturated carbocycles. The van der Waals surface area contributed by atoms with Gasteiger partial charge in [-0.15, -0.1) is 0 Å². The fraction of sp³-hybridized carbons (Fsp3) is 0.556. The summed E-state index contributed by atoms with van der Waals surface area (Å²) >= 11 is 0. The topological polar surface area (TPSA) is 88.8 Å². The van der Waals surface area contributed by atoms with Gasteiger partial charge in [0.1, 0.15) is 6.61 Å². The Bertz CT molecular complexity index is 831. The van der Waals surface area contributed by atoms with Crippen molar-refractivity contribution in [1.29, 1.82) is 0 Å². The standard InChI is InChI=1S/C18H23N5O3/c1-26-10-16(24)22-6-4-18(12-22,13-2-3-13)11-20-17(25)14-8-21-23-7-5-19-9-15(14)23/h5,7-9,13H,2-4,6,10-12H2,1H3,(H,20,25). The number of nitrogens with one attached hydrogen (secondary N) is 1. The lowest BCUT2D eigenvalue weighted by Crippen LogP contribution is -2.42. The Kier molecular flexibility index (Phi) is 4.36. The molecule has 1 unspecified atom stereocenters. The molecule has 4 rings (SSSR count). The molecular formula is C18H23N5O3.